The molecule has 0 spiro atoms. The molecule has 0 N–H and O–H groups in total. The van der Waals surface area contributed by atoms with Gasteiger partial charge in [-0.25, -0.2) is 0 Å². The molecule has 0 aromatic heterocycles. The Balaban J connectivity index is 0.000000705. The van der Waals surface area contributed by atoms with Gasteiger partial charge >= 0.3 is 21.2 Å². The van der Waals surface area contributed by atoms with E-state index in [4.69, 9.17) is 15.3 Å². The highest BCUT2D eigenvalue weighted by Gasteiger charge is 2.20. The molecule has 0 aliphatic carbocycles. The first-order valence-corrected chi connectivity index (χ1v) is 10.2. The highest BCUT2D eigenvalue weighted by molar-refractivity contribution is 5.23. The minimum Gasteiger partial charge on any atom is -0.356 e. The molecule has 2 aromatic rings. The molecule has 0 radical (unpaired) electrons. The van der Waals surface area contributed by atoms with Crippen LogP contribution in [0.2, 0.25) is 0 Å². The summed E-state index contributed by atoms with van der Waals surface area (Å²) in [5, 5.41) is 14.8. The Labute approximate surface area is 160 Å². The Kier molecular flexibility index (Phi) is 7.41. The molecule has 2 aromatic carbocycles. The lowest BCUT2D eigenvalue weighted by molar-refractivity contribution is -0.597. The third-order valence-corrected chi connectivity index (χ3v) is 6.32. The third kappa shape index (κ3) is 7.86. The standard InChI is InChI=1S/C20H26I.NO3/c1-19(2,3)15-7-11-17(12-8-15)21-18-13-9-16(10-14-18)20(4,5)6;2-1(3)4/h7-14H,1-6H3;/q+1;-1. The summed E-state index contributed by atoms with van der Waals surface area (Å²) < 4.78 is 2.98. The van der Waals surface area contributed by atoms with Crippen molar-refractivity contribution >= 4 is 0 Å². The van der Waals surface area contributed by atoms with Gasteiger partial charge in [0.2, 0.25) is 0 Å². The van der Waals surface area contributed by atoms with Crippen LogP contribution in [-0.4, -0.2) is 5.09 Å². The molecule has 136 valence electrons. The van der Waals surface area contributed by atoms with Crippen molar-refractivity contribution in [3.8, 4) is 0 Å². The SMILES string of the molecule is CC(C)(C)c1ccc([I+]c2ccc(C(C)(C)C)cc2)cc1.O=[N+]([O-])[O-]. The minimum absolute atomic E-state index is 0.0703. The van der Waals surface area contributed by atoms with Gasteiger partial charge in [-0.1, -0.05) is 65.8 Å². The monoisotopic (exact) mass is 455 g/mol. The topological polar surface area (TPSA) is 66.2 Å². The van der Waals surface area contributed by atoms with E-state index in [1.165, 1.54) is 18.3 Å². The van der Waals surface area contributed by atoms with E-state index in [1.807, 2.05) is 0 Å². The minimum atomic E-state index is -1.75. The van der Waals surface area contributed by atoms with Crippen LogP contribution in [0, 0.1) is 22.5 Å². The fourth-order valence-electron chi connectivity index (χ4n) is 2.15. The summed E-state index contributed by atoms with van der Waals surface area (Å²) in [4.78, 5) is 8.25. The fourth-order valence-corrected chi connectivity index (χ4v) is 4.31. The van der Waals surface area contributed by atoms with E-state index in [0.29, 0.717) is 0 Å². The molecule has 0 amide bonds. The average molecular weight is 455 g/mol. The van der Waals surface area contributed by atoms with Gasteiger partial charge in [-0.05, 0) is 46.2 Å². The molecular formula is C20H26INO3. The summed E-state index contributed by atoms with van der Waals surface area (Å²) in [6.45, 7) is 13.6. The maximum absolute atomic E-state index is 8.25. The molecule has 0 bridgehead atoms. The molecule has 0 fully saturated rings. The average Bonchev–Trinajstić information content (AvgIpc) is 2.46. The molecule has 4 nitrogen and oxygen atoms in total. The molecular weight excluding hydrogens is 429 g/mol. The maximum Gasteiger partial charge on any atom is 0.357 e. The van der Waals surface area contributed by atoms with Crippen molar-refractivity contribution in [2.24, 2.45) is 0 Å². The zero-order valence-corrected chi connectivity index (χ0v) is 17.8. The number of benzene rings is 2. The highest BCUT2D eigenvalue weighted by Crippen LogP contribution is 2.21. The predicted molar refractivity (Wildman–Crippen MR) is 98.0 cm³/mol. The highest BCUT2D eigenvalue weighted by atomic mass is 127. The van der Waals surface area contributed by atoms with Crippen LogP contribution in [0.1, 0.15) is 52.7 Å². The molecule has 25 heavy (non-hydrogen) atoms. The van der Waals surface area contributed by atoms with E-state index in [2.05, 4.69) is 90.1 Å². The van der Waals surface area contributed by atoms with Crippen LogP contribution in [0.15, 0.2) is 48.5 Å². The van der Waals surface area contributed by atoms with Crippen molar-refractivity contribution in [3.05, 3.63) is 82.1 Å². The van der Waals surface area contributed by atoms with E-state index in [0.717, 1.165) is 0 Å². The third-order valence-electron chi connectivity index (χ3n) is 3.64. The largest absolute Gasteiger partial charge is 0.357 e. The Hall–Kier alpha value is -1.63. The van der Waals surface area contributed by atoms with Gasteiger partial charge in [0, 0.05) is 0 Å². The van der Waals surface area contributed by atoms with Crippen LogP contribution >= 0.6 is 0 Å². The predicted octanol–water partition coefficient (Wildman–Crippen LogP) is 2.17. The quantitative estimate of drug-likeness (QED) is 0.396. The van der Waals surface area contributed by atoms with Crippen LogP contribution in [0.25, 0.3) is 0 Å². The molecule has 0 unspecified atom stereocenters. The van der Waals surface area contributed by atoms with E-state index >= 15 is 0 Å². The van der Waals surface area contributed by atoms with Crippen molar-refractivity contribution in [1.82, 2.24) is 0 Å². The first-order valence-electron chi connectivity index (χ1n) is 8.07. The van der Waals surface area contributed by atoms with Gasteiger partial charge in [0.25, 0.3) is 0 Å². The van der Waals surface area contributed by atoms with Crippen LogP contribution < -0.4 is 21.2 Å². The summed E-state index contributed by atoms with van der Waals surface area (Å²) in [6.07, 6.45) is 0. The molecule has 2 rings (SSSR count). The summed E-state index contributed by atoms with van der Waals surface area (Å²) in [6, 6.07) is 18.4. The smallest absolute Gasteiger partial charge is 0.356 e. The second-order valence-electron chi connectivity index (χ2n) is 7.83. The lowest BCUT2D eigenvalue weighted by Gasteiger charge is -2.18. The molecule has 5 heteroatoms. The molecule has 0 aliphatic rings. The second-order valence-corrected chi connectivity index (χ2v) is 10.9. The van der Waals surface area contributed by atoms with Crippen molar-refractivity contribution in [2.75, 3.05) is 0 Å². The number of nitrogens with zero attached hydrogens (tertiary/aromatic N) is 1. The fraction of sp³-hybridized carbons (Fsp3) is 0.400. The number of halogens is 1. The van der Waals surface area contributed by atoms with E-state index in [-0.39, 0.29) is 32.0 Å². The van der Waals surface area contributed by atoms with Gasteiger partial charge in [0.15, 0.2) is 7.14 Å². The zero-order valence-electron chi connectivity index (χ0n) is 15.7. The number of rotatable bonds is 2. The van der Waals surface area contributed by atoms with E-state index in [1.54, 1.807) is 0 Å². The summed E-state index contributed by atoms with van der Waals surface area (Å²) >= 11 is -0.0703. The van der Waals surface area contributed by atoms with Crippen molar-refractivity contribution in [3.63, 3.8) is 0 Å². The van der Waals surface area contributed by atoms with Crippen LogP contribution in [-0.2, 0) is 10.8 Å². The first-order chi connectivity index (χ1) is 11.4. The maximum atomic E-state index is 8.25. The molecule has 0 aliphatic heterocycles. The molecule has 0 atom stereocenters. The van der Waals surface area contributed by atoms with Crippen molar-refractivity contribution in [2.45, 2.75) is 52.4 Å². The van der Waals surface area contributed by atoms with Gasteiger partial charge in [-0.3, -0.25) is 0 Å². The zero-order chi connectivity index (χ0) is 19.3. The first kappa shape index (κ1) is 21.4. The Morgan fingerprint density at radius 2 is 0.920 bits per heavy atom. The normalized spacial score (nSPS) is 11.4. The summed E-state index contributed by atoms with van der Waals surface area (Å²) in [5.74, 6) is 0. The number of hydrogen-bond acceptors (Lipinski definition) is 3. The molecule has 0 saturated heterocycles. The Bertz CT molecular complexity index is 621. The van der Waals surface area contributed by atoms with E-state index in [9.17, 15) is 0 Å². The van der Waals surface area contributed by atoms with Gasteiger partial charge in [0.05, 0.1) is 5.09 Å². The second kappa shape index (κ2) is 8.65. The van der Waals surface area contributed by atoms with Crippen molar-refractivity contribution < 1.29 is 26.3 Å². The van der Waals surface area contributed by atoms with Crippen LogP contribution in [0.3, 0.4) is 0 Å². The van der Waals surface area contributed by atoms with Gasteiger partial charge in [-0.2, -0.15) is 0 Å². The lowest BCUT2D eigenvalue weighted by Crippen LogP contribution is -3.61. The summed E-state index contributed by atoms with van der Waals surface area (Å²) in [5.41, 5.74) is 3.31. The van der Waals surface area contributed by atoms with Gasteiger partial charge in [-0.15, -0.1) is 0 Å². The number of hydrogen-bond donors (Lipinski definition) is 0. The van der Waals surface area contributed by atoms with Crippen LogP contribution in [0.5, 0.6) is 0 Å². The lowest BCUT2D eigenvalue weighted by atomic mass is 9.87. The van der Waals surface area contributed by atoms with Gasteiger partial charge < -0.3 is 15.3 Å². The Morgan fingerprint density at radius 1 is 0.680 bits per heavy atom. The molecule has 0 heterocycles. The van der Waals surface area contributed by atoms with Crippen LogP contribution in [0.4, 0.5) is 0 Å². The van der Waals surface area contributed by atoms with Gasteiger partial charge in [0.1, 0.15) is 0 Å². The Morgan fingerprint density at radius 3 is 1.12 bits per heavy atom. The van der Waals surface area contributed by atoms with Crippen molar-refractivity contribution in [1.29, 1.82) is 0 Å². The molecule has 0 saturated carbocycles. The van der Waals surface area contributed by atoms with E-state index < -0.39 is 5.09 Å². The summed E-state index contributed by atoms with van der Waals surface area (Å²) in [7, 11) is 0.